The molecule has 0 saturated carbocycles. The van der Waals surface area contributed by atoms with E-state index in [1.807, 2.05) is 51.2 Å². The summed E-state index contributed by atoms with van der Waals surface area (Å²) in [6.45, 7) is 4.70. The van der Waals surface area contributed by atoms with E-state index in [-0.39, 0.29) is 24.7 Å². The molecule has 0 unspecified atom stereocenters. The third-order valence-corrected chi connectivity index (χ3v) is 6.02. The third-order valence-electron chi connectivity index (χ3n) is 6.02. The number of tetrazole rings is 1. The molecule has 3 heterocycles. The monoisotopic (exact) mass is 450 g/mol. The minimum absolute atomic E-state index is 0.0501. The summed E-state index contributed by atoms with van der Waals surface area (Å²) in [5, 5.41) is 15.6. The molecule has 5 rings (SSSR count). The highest BCUT2D eigenvalue weighted by Gasteiger charge is 2.37. The molecule has 33 heavy (non-hydrogen) atoms. The van der Waals surface area contributed by atoms with Gasteiger partial charge in [0.2, 0.25) is 18.4 Å². The zero-order chi connectivity index (χ0) is 23.1. The second-order valence-corrected chi connectivity index (χ2v) is 8.49. The van der Waals surface area contributed by atoms with Gasteiger partial charge in [-0.1, -0.05) is 19.9 Å². The maximum absolute atomic E-state index is 12.2. The summed E-state index contributed by atoms with van der Waals surface area (Å²) in [5.74, 6) is 2.42. The summed E-state index contributed by atoms with van der Waals surface area (Å²) >= 11 is 0. The van der Waals surface area contributed by atoms with Gasteiger partial charge in [-0.25, -0.2) is 0 Å². The van der Waals surface area contributed by atoms with Crippen molar-refractivity contribution >= 4 is 11.6 Å². The van der Waals surface area contributed by atoms with Gasteiger partial charge in [0.05, 0.1) is 12.8 Å². The van der Waals surface area contributed by atoms with Crippen LogP contribution in [-0.4, -0.2) is 58.5 Å². The lowest BCUT2D eigenvalue weighted by molar-refractivity contribution is -0.118. The van der Waals surface area contributed by atoms with Gasteiger partial charge >= 0.3 is 0 Å². The standard InChI is InChI=1S/C23H26N6O4/c1-13(2)23(30)24-15-6-5-7-16(11-15)29-22(25-26-27-29)19-18-14(8-9-28(19)3)10-17-20(21(18)31-4)33-12-32-17/h5-7,10-11,13,19H,8-9,12H2,1-4H3,(H,24,30)/t19-/m0/s1. The Labute approximate surface area is 191 Å². The molecule has 2 aliphatic rings. The summed E-state index contributed by atoms with van der Waals surface area (Å²) in [7, 11) is 3.67. The number of carbonyl (C=O) groups is 1. The first-order valence-corrected chi connectivity index (χ1v) is 10.9. The van der Waals surface area contributed by atoms with Crippen molar-refractivity contribution < 1.29 is 19.0 Å². The minimum Gasteiger partial charge on any atom is -0.492 e. The zero-order valence-corrected chi connectivity index (χ0v) is 19.0. The molecule has 0 saturated heterocycles. The Balaban J connectivity index is 1.59. The first-order chi connectivity index (χ1) is 16.0. The van der Waals surface area contributed by atoms with E-state index in [1.165, 1.54) is 0 Å². The van der Waals surface area contributed by atoms with E-state index in [4.69, 9.17) is 14.2 Å². The second-order valence-electron chi connectivity index (χ2n) is 8.49. The topological polar surface area (TPSA) is 104 Å². The summed E-state index contributed by atoms with van der Waals surface area (Å²) in [6.07, 6.45) is 0.841. The van der Waals surface area contributed by atoms with Crippen LogP contribution in [0.3, 0.4) is 0 Å². The number of amides is 1. The van der Waals surface area contributed by atoms with Crippen molar-refractivity contribution in [3.05, 3.63) is 47.3 Å². The molecule has 0 aliphatic carbocycles. The van der Waals surface area contributed by atoms with Gasteiger partial charge in [0, 0.05) is 23.7 Å². The van der Waals surface area contributed by atoms with Crippen LogP contribution in [0.1, 0.15) is 36.8 Å². The van der Waals surface area contributed by atoms with E-state index in [0.717, 1.165) is 29.8 Å². The van der Waals surface area contributed by atoms with Crippen molar-refractivity contribution in [3.8, 4) is 22.9 Å². The smallest absolute Gasteiger partial charge is 0.231 e. The lowest BCUT2D eigenvalue weighted by atomic mass is 9.90. The lowest BCUT2D eigenvalue weighted by Gasteiger charge is -2.34. The SMILES string of the molecule is COc1c2c(cc3c1[C@@H](c1nnnn1-c1cccc(NC(=O)C(C)C)c1)N(C)CC3)OCO2. The van der Waals surface area contributed by atoms with Crippen LogP contribution >= 0.6 is 0 Å². The predicted octanol–water partition coefficient (Wildman–Crippen LogP) is 2.57. The fourth-order valence-electron chi connectivity index (χ4n) is 4.31. The quantitative estimate of drug-likeness (QED) is 0.633. The van der Waals surface area contributed by atoms with Gasteiger partial charge in [0.25, 0.3) is 0 Å². The Hall–Kier alpha value is -3.66. The summed E-state index contributed by atoms with van der Waals surface area (Å²) < 4.78 is 18.8. The van der Waals surface area contributed by atoms with Gasteiger partial charge in [0.15, 0.2) is 17.3 Å². The third kappa shape index (κ3) is 3.66. The van der Waals surface area contributed by atoms with Crippen molar-refractivity contribution in [1.82, 2.24) is 25.1 Å². The van der Waals surface area contributed by atoms with Crippen molar-refractivity contribution in [2.24, 2.45) is 5.92 Å². The molecule has 1 amide bonds. The van der Waals surface area contributed by atoms with Gasteiger partial charge in [-0.2, -0.15) is 4.68 Å². The highest BCUT2D eigenvalue weighted by Crippen LogP contribution is 2.50. The molecule has 2 aliphatic heterocycles. The Bertz CT molecular complexity index is 1210. The number of anilines is 1. The van der Waals surface area contributed by atoms with Gasteiger partial charge in [-0.3, -0.25) is 9.69 Å². The second kappa shape index (κ2) is 8.36. The number of nitrogens with zero attached hydrogens (tertiary/aromatic N) is 5. The first kappa shape index (κ1) is 21.2. The lowest BCUT2D eigenvalue weighted by Crippen LogP contribution is -2.35. The number of carbonyl (C=O) groups excluding carboxylic acids is 1. The molecule has 10 nitrogen and oxygen atoms in total. The number of rotatable bonds is 5. The number of hydrogen-bond acceptors (Lipinski definition) is 8. The number of nitrogens with one attached hydrogen (secondary N) is 1. The number of methoxy groups -OCH3 is 1. The summed E-state index contributed by atoms with van der Waals surface area (Å²) in [5.41, 5.74) is 3.52. The molecular weight excluding hydrogens is 424 g/mol. The van der Waals surface area contributed by atoms with Crippen LogP contribution in [-0.2, 0) is 11.2 Å². The van der Waals surface area contributed by atoms with Crippen molar-refractivity contribution in [3.63, 3.8) is 0 Å². The van der Waals surface area contributed by atoms with E-state index in [9.17, 15) is 4.79 Å². The molecule has 10 heteroatoms. The van der Waals surface area contributed by atoms with E-state index >= 15 is 0 Å². The van der Waals surface area contributed by atoms with Crippen molar-refractivity contribution in [2.45, 2.75) is 26.3 Å². The van der Waals surface area contributed by atoms with Crippen LogP contribution in [0.15, 0.2) is 30.3 Å². The summed E-state index contributed by atoms with van der Waals surface area (Å²) in [6, 6.07) is 9.25. The molecule has 3 aromatic rings. The largest absolute Gasteiger partial charge is 0.492 e. The van der Waals surface area contributed by atoms with Gasteiger partial charge < -0.3 is 19.5 Å². The Kier molecular flexibility index (Phi) is 5.37. The number of hydrogen-bond donors (Lipinski definition) is 1. The van der Waals surface area contributed by atoms with Gasteiger partial charge in [0.1, 0.15) is 6.04 Å². The predicted molar refractivity (Wildman–Crippen MR) is 120 cm³/mol. The molecule has 1 N–H and O–H groups in total. The normalized spacial score (nSPS) is 17.2. The van der Waals surface area contributed by atoms with Crippen LogP contribution in [0.25, 0.3) is 5.69 Å². The average Bonchev–Trinajstić information content (AvgIpc) is 3.47. The first-order valence-electron chi connectivity index (χ1n) is 10.9. The van der Waals surface area contributed by atoms with E-state index in [2.05, 4.69) is 25.7 Å². The van der Waals surface area contributed by atoms with Gasteiger partial charge in [-0.05, 0) is 53.7 Å². The minimum atomic E-state index is -0.262. The molecule has 1 aromatic heterocycles. The van der Waals surface area contributed by atoms with E-state index < -0.39 is 0 Å². The summed E-state index contributed by atoms with van der Waals surface area (Å²) in [4.78, 5) is 14.4. The van der Waals surface area contributed by atoms with Crippen molar-refractivity contribution in [2.75, 3.05) is 32.8 Å². The Morgan fingerprint density at radius 1 is 1.27 bits per heavy atom. The highest BCUT2D eigenvalue weighted by molar-refractivity contribution is 5.92. The van der Waals surface area contributed by atoms with Gasteiger partial charge in [-0.15, -0.1) is 5.10 Å². The maximum Gasteiger partial charge on any atom is 0.231 e. The highest BCUT2D eigenvalue weighted by atomic mass is 16.7. The maximum atomic E-state index is 12.2. The molecule has 0 bridgehead atoms. The van der Waals surface area contributed by atoms with Crippen molar-refractivity contribution in [1.29, 1.82) is 0 Å². The fourth-order valence-corrected chi connectivity index (χ4v) is 4.31. The van der Waals surface area contributed by atoms with E-state index in [0.29, 0.717) is 28.8 Å². The number of benzene rings is 2. The van der Waals surface area contributed by atoms with Crippen LogP contribution in [0.2, 0.25) is 0 Å². The molecule has 1 atom stereocenters. The number of ether oxygens (including phenoxy) is 3. The van der Waals surface area contributed by atoms with Crippen LogP contribution < -0.4 is 19.5 Å². The molecular formula is C23H26N6O4. The van der Waals surface area contributed by atoms with Crippen LogP contribution in [0, 0.1) is 5.92 Å². The molecule has 0 fully saturated rings. The fraction of sp³-hybridized carbons (Fsp3) is 0.391. The van der Waals surface area contributed by atoms with Crippen LogP contribution in [0.5, 0.6) is 17.2 Å². The van der Waals surface area contributed by atoms with Crippen LogP contribution in [0.4, 0.5) is 5.69 Å². The number of likely N-dealkylation sites (N-methyl/N-ethyl adjacent to an activating group) is 1. The zero-order valence-electron chi connectivity index (χ0n) is 19.0. The number of fused-ring (bicyclic) bond motifs is 2. The Morgan fingerprint density at radius 2 is 2.12 bits per heavy atom. The van der Waals surface area contributed by atoms with E-state index in [1.54, 1.807) is 11.8 Å². The Morgan fingerprint density at radius 3 is 2.91 bits per heavy atom. The molecule has 2 aromatic carbocycles. The average molecular weight is 450 g/mol. The number of aromatic nitrogens is 4. The molecule has 0 radical (unpaired) electrons. The molecule has 172 valence electrons. The molecule has 0 spiro atoms.